The Labute approximate surface area is 271 Å². The Hall–Kier alpha value is -3.30. The monoisotopic (exact) mass is 635 g/mol. The van der Waals surface area contributed by atoms with Crippen LogP contribution < -0.4 is 5.32 Å². The number of hydrogen-bond acceptors (Lipinski definition) is 5. The lowest BCUT2D eigenvalue weighted by atomic mass is 9.98. The Morgan fingerprint density at radius 1 is 0.889 bits per heavy atom. The van der Waals surface area contributed by atoms with Crippen LogP contribution in [-0.2, 0) is 22.4 Å². The van der Waals surface area contributed by atoms with Gasteiger partial charge in [0.2, 0.25) is 0 Å². The zero-order chi connectivity index (χ0) is 31.3. The summed E-state index contributed by atoms with van der Waals surface area (Å²) in [5.74, 6) is -0.132. The van der Waals surface area contributed by atoms with Crippen molar-refractivity contribution in [1.29, 1.82) is 0 Å². The summed E-state index contributed by atoms with van der Waals surface area (Å²) in [6, 6.07) is 14.1. The van der Waals surface area contributed by atoms with Crippen molar-refractivity contribution in [2.45, 2.75) is 82.9 Å². The van der Waals surface area contributed by atoms with Crippen molar-refractivity contribution in [3.8, 4) is 0 Å². The molecule has 0 bridgehead atoms. The van der Waals surface area contributed by atoms with Crippen LogP contribution in [0.25, 0.3) is 0 Å². The zero-order valence-electron chi connectivity index (χ0n) is 26.4. The number of nitrogens with one attached hydrogen (secondary N) is 1. The zero-order valence-corrected chi connectivity index (χ0v) is 27.1. The molecule has 4 heterocycles. The number of amides is 4. The number of carbonyl (C=O) groups is 3. The topological polar surface area (TPSA) is 85.4 Å². The van der Waals surface area contributed by atoms with Crippen LogP contribution in [0.3, 0.4) is 0 Å². The standard InChI is InChI=1S/C35H46ClN5O4/c1-25-9-10-26(23-30(25)36)24-32(33(42)39-18-12-28(13-19-39)38-16-5-2-6-17-38)45-35(44)40-20-14-29(15-21-40)41-22-11-27-7-3-4-8-31(27)37-34(41)43/h3-4,7-10,23,28-29,32H,2,5-6,11-22,24H2,1H3,(H,37,43)/t32-/m1/s1. The van der Waals surface area contributed by atoms with Crippen molar-refractivity contribution in [1.82, 2.24) is 19.6 Å². The molecule has 1 atom stereocenters. The van der Waals surface area contributed by atoms with Crippen molar-refractivity contribution in [2.75, 3.05) is 51.1 Å². The maximum atomic E-state index is 13.9. The van der Waals surface area contributed by atoms with Gasteiger partial charge in [-0.3, -0.25) is 4.79 Å². The first kappa shape index (κ1) is 31.7. The summed E-state index contributed by atoms with van der Waals surface area (Å²) in [5.41, 5.74) is 3.83. The Kier molecular flexibility index (Phi) is 10.1. The average molecular weight is 636 g/mol. The van der Waals surface area contributed by atoms with E-state index in [4.69, 9.17) is 16.3 Å². The summed E-state index contributed by atoms with van der Waals surface area (Å²) in [5, 5.41) is 3.69. The molecule has 0 unspecified atom stereocenters. The van der Waals surface area contributed by atoms with Gasteiger partial charge in [-0.15, -0.1) is 0 Å². The van der Waals surface area contributed by atoms with Crippen LogP contribution in [0.15, 0.2) is 42.5 Å². The van der Waals surface area contributed by atoms with Gasteiger partial charge >= 0.3 is 12.1 Å². The minimum atomic E-state index is -0.921. The lowest BCUT2D eigenvalue weighted by Crippen LogP contribution is -2.53. The van der Waals surface area contributed by atoms with Gasteiger partial charge in [0, 0.05) is 61.9 Å². The molecule has 6 rings (SSSR count). The van der Waals surface area contributed by atoms with Crippen molar-refractivity contribution in [2.24, 2.45) is 0 Å². The molecule has 2 aromatic carbocycles. The maximum absolute atomic E-state index is 13.9. The van der Waals surface area contributed by atoms with Crippen molar-refractivity contribution >= 4 is 35.3 Å². The van der Waals surface area contributed by atoms with Crippen molar-refractivity contribution < 1.29 is 19.1 Å². The number of anilines is 1. The van der Waals surface area contributed by atoms with Crippen LogP contribution in [0.5, 0.6) is 0 Å². The number of nitrogens with zero attached hydrogens (tertiary/aromatic N) is 4. The van der Waals surface area contributed by atoms with E-state index in [1.807, 2.05) is 53.1 Å². The smallest absolute Gasteiger partial charge is 0.410 e. The number of ether oxygens (including phenoxy) is 1. The summed E-state index contributed by atoms with van der Waals surface area (Å²) < 4.78 is 6.04. The SMILES string of the molecule is Cc1ccc(C[C@@H](OC(=O)N2CCC(N3CCc4ccccc4NC3=O)CC2)C(=O)N2CCC(N3CCCCC3)CC2)cc1Cl. The molecular formula is C35H46ClN5O4. The van der Waals surface area contributed by atoms with Gasteiger partial charge in [0.1, 0.15) is 0 Å². The largest absolute Gasteiger partial charge is 0.436 e. The quantitative estimate of drug-likeness (QED) is 0.438. The van der Waals surface area contributed by atoms with Crippen LogP contribution in [0.4, 0.5) is 15.3 Å². The molecule has 242 valence electrons. The van der Waals surface area contributed by atoms with Gasteiger partial charge in [0.25, 0.3) is 5.91 Å². The molecular weight excluding hydrogens is 590 g/mol. The number of carbonyl (C=O) groups excluding carboxylic acids is 3. The molecule has 3 saturated heterocycles. The van der Waals surface area contributed by atoms with Crippen molar-refractivity contribution in [3.05, 3.63) is 64.2 Å². The van der Waals surface area contributed by atoms with Gasteiger partial charge in [-0.05, 0) is 93.8 Å². The molecule has 3 fully saturated rings. The van der Waals surface area contributed by atoms with Gasteiger partial charge in [-0.1, -0.05) is 48.4 Å². The van der Waals surface area contributed by atoms with E-state index in [0.29, 0.717) is 56.6 Å². The van der Waals surface area contributed by atoms with E-state index >= 15 is 0 Å². The average Bonchev–Trinajstić information content (AvgIpc) is 3.24. The number of hydrogen-bond donors (Lipinski definition) is 1. The number of para-hydroxylation sites is 1. The molecule has 4 aliphatic heterocycles. The molecule has 4 aliphatic rings. The number of urea groups is 1. The number of benzene rings is 2. The van der Waals surface area contributed by atoms with Gasteiger partial charge in [0.05, 0.1) is 0 Å². The molecule has 9 nitrogen and oxygen atoms in total. The van der Waals surface area contributed by atoms with Gasteiger partial charge in [-0.2, -0.15) is 0 Å². The molecule has 0 aliphatic carbocycles. The van der Waals surface area contributed by atoms with E-state index in [2.05, 4.69) is 16.3 Å². The lowest BCUT2D eigenvalue weighted by molar-refractivity contribution is -0.142. The fourth-order valence-corrected chi connectivity index (χ4v) is 7.59. The highest BCUT2D eigenvalue weighted by molar-refractivity contribution is 6.31. The number of likely N-dealkylation sites (tertiary alicyclic amines) is 3. The molecule has 0 radical (unpaired) electrons. The summed E-state index contributed by atoms with van der Waals surface area (Å²) >= 11 is 6.42. The lowest BCUT2D eigenvalue weighted by Gasteiger charge is -2.41. The molecule has 10 heteroatoms. The van der Waals surface area contributed by atoms with Gasteiger partial charge in [0.15, 0.2) is 6.10 Å². The second-order valence-corrected chi connectivity index (χ2v) is 13.5. The number of halogens is 1. The molecule has 0 saturated carbocycles. The van der Waals surface area contributed by atoms with E-state index in [0.717, 1.165) is 54.7 Å². The van der Waals surface area contributed by atoms with Crippen LogP contribution in [0.1, 0.15) is 61.6 Å². The molecule has 0 spiro atoms. The number of rotatable bonds is 6. The minimum Gasteiger partial charge on any atom is -0.436 e. The predicted octanol–water partition coefficient (Wildman–Crippen LogP) is 5.73. The maximum Gasteiger partial charge on any atom is 0.410 e. The van der Waals surface area contributed by atoms with E-state index in [9.17, 15) is 14.4 Å². The normalized spacial score (nSPS) is 21.1. The minimum absolute atomic E-state index is 0.0386. The Morgan fingerprint density at radius 2 is 1.58 bits per heavy atom. The molecule has 4 amide bonds. The summed E-state index contributed by atoms with van der Waals surface area (Å²) in [4.78, 5) is 48.5. The van der Waals surface area contributed by atoms with Crippen LogP contribution in [-0.4, -0.2) is 102 Å². The third kappa shape index (κ3) is 7.58. The van der Waals surface area contributed by atoms with Crippen molar-refractivity contribution in [3.63, 3.8) is 0 Å². The fraction of sp³-hybridized carbons (Fsp3) is 0.571. The fourth-order valence-electron chi connectivity index (χ4n) is 7.39. The Balaban J connectivity index is 1.07. The van der Waals surface area contributed by atoms with E-state index in [-0.39, 0.29) is 24.4 Å². The number of aryl methyl sites for hydroxylation is 1. The van der Waals surface area contributed by atoms with Gasteiger partial charge in [-0.25, -0.2) is 9.59 Å². The first-order valence-corrected chi connectivity index (χ1v) is 17.1. The highest BCUT2D eigenvalue weighted by Crippen LogP contribution is 2.27. The summed E-state index contributed by atoms with van der Waals surface area (Å²) in [7, 11) is 0. The van der Waals surface area contributed by atoms with E-state index < -0.39 is 12.2 Å². The van der Waals surface area contributed by atoms with Crippen LogP contribution in [0, 0.1) is 6.92 Å². The predicted molar refractivity (Wildman–Crippen MR) is 176 cm³/mol. The summed E-state index contributed by atoms with van der Waals surface area (Å²) in [6.07, 6.45) is 6.72. The van der Waals surface area contributed by atoms with Crippen LogP contribution in [0.2, 0.25) is 5.02 Å². The third-order valence-electron chi connectivity index (χ3n) is 10.2. The molecule has 2 aromatic rings. The Morgan fingerprint density at radius 3 is 2.31 bits per heavy atom. The first-order valence-electron chi connectivity index (χ1n) is 16.7. The second kappa shape index (κ2) is 14.4. The second-order valence-electron chi connectivity index (χ2n) is 13.1. The molecule has 45 heavy (non-hydrogen) atoms. The van der Waals surface area contributed by atoms with E-state index in [1.54, 1.807) is 4.90 Å². The summed E-state index contributed by atoms with van der Waals surface area (Å²) in [6.45, 7) is 7.18. The Bertz CT molecular complexity index is 1370. The number of piperidine rings is 3. The van der Waals surface area contributed by atoms with Gasteiger partial charge < -0.3 is 29.7 Å². The third-order valence-corrected chi connectivity index (χ3v) is 10.6. The van der Waals surface area contributed by atoms with E-state index in [1.165, 1.54) is 19.3 Å². The molecule has 1 N–H and O–H groups in total. The number of fused-ring (bicyclic) bond motifs is 1. The van der Waals surface area contributed by atoms with Crippen LogP contribution >= 0.6 is 11.6 Å². The highest BCUT2D eigenvalue weighted by atomic mass is 35.5. The molecule has 0 aromatic heterocycles. The highest BCUT2D eigenvalue weighted by Gasteiger charge is 2.36. The first-order chi connectivity index (χ1) is 21.9.